The summed E-state index contributed by atoms with van der Waals surface area (Å²) in [6, 6.07) is 0.0208. The van der Waals surface area contributed by atoms with E-state index in [9.17, 15) is 9.59 Å². The molecule has 0 atom stereocenters. The van der Waals surface area contributed by atoms with Crippen LogP contribution in [0.3, 0.4) is 0 Å². The van der Waals surface area contributed by atoms with E-state index in [2.05, 4.69) is 11.6 Å². The van der Waals surface area contributed by atoms with Crippen molar-refractivity contribution >= 4 is 11.9 Å². The highest BCUT2D eigenvalue weighted by Crippen LogP contribution is 2.21. The summed E-state index contributed by atoms with van der Waals surface area (Å²) in [5.74, 6) is -1.23. The molecule has 0 saturated heterocycles. The van der Waals surface area contributed by atoms with Gasteiger partial charge < -0.3 is 15.0 Å². The molecule has 0 aliphatic heterocycles. The van der Waals surface area contributed by atoms with Crippen molar-refractivity contribution in [3.8, 4) is 0 Å². The summed E-state index contributed by atoms with van der Waals surface area (Å²) < 4.78 is 0. The van der Waals surface area contributed by atoms with E-state index in [0.29, 0.717) is 23.4 Å². The Morgan fingerprint density at radius 1 is 1.42 bits per heavy atom. The van der Waals surface area contributed by atoms with Crippen LogP contribution >= 0.6 is 0 Å². The van der Waals surface area contributed by atoms with Crippen LogP contribution in [0.25, 0.3) is 0 Å². The first-order chi connectivity index (χ1) is 8.81. The largest absolute Gasteiger partial charge is 0.477 e. The van der Waals surface area contributed by atoms with Crippen molar-refractivity contribution in [3.63, 3.8) is 0 Å². The van der Waals surface area contributed by atoms with Crippen molar-refractivity contribution in [3.05, 3.63) is 35.2 Å². The van der Waals surface area contributed by atoms with Crippen LogP contribution < -0.4 is 0 Å². The number of aromatic nitrogens is 1. The van der Waals surface area contributed by atoms with E-state index in [1.807, 2.05) is 13.8 Å². The predicted molar refractivity (Wildman–Crippen MR) is 73.6 cm³/mol. The van der Waals surface area contributed by atoms with Crippen molar-refractivity contribution < 1.29 is 14.7 Å². The lowest BCUT2D eigenvalue weighted by atomic mass is 10.1. The zero-order valence-corrected chi connectivity index (χ0v) is 11.8. The molecule has 1 amide bonds. The molecule has 1 heterocycles. The van der Waals surface area contributed by atoms with Crippen LogP contribution in [0.2, 0.25) is 0 Å². The quantitative estimate of drug-likeness (QED) is 0.802. The van der Waals surface area contributed by atoms with E-state index in [1.165, 1.54) is 0 Å². The molecule has 0 aliphatic rings. The van der Waals surface area contributed by atoms with Gasteiger partial charge in [-0.2, -0.15) is 0 Å². The summed E-state index contributed by atoms with van der Waals surface area (Å²) in [7, 11) is 0. The second kappa shape index (κ2) is 5.73. The molecule has 0 unspecified atom stereocenters. The predicted octanol–water partition coefficient (Wildman–Crippen LogP) is 2.37. The van der Waals surface area contributed by atoms with Gasteiger partial charge in [-0.15, -0.1) is 6.58 Å². The topological polar surface area (TPSA) is 73.4 Å². The van der Waals surface area contributed by atoms with E-state index < -0.39 is 5.97 Å². The first kappa shape index (κ1) is 15.0. The molecule has 0 spiro atoms. The van der Waals surface area contributed by atoms with E-state index in [0.717, 1.165) is 0 Å². The van der Waals surface area contributed by atoms with Gasteiger partial charge in [-0.05, 0) is 33.3 Å². The Morgan fingerprint density at radius 3 is 2.37 bits per heavy atom. The first-order valence-corrected chi connectivity index (χ1v) is 6.15. The molecule has 19 heavy (non-hydrogen) atoms. The van der Waals surface area contributed by atoms with E-state index in [1.54, 1.807) is 24.8 Å². The lowest BCUT2D eigenvalue weighted by molar-refractivity contribution is 0.0690. The lowest BCUT2D eigenvalue weighted by Gasteiger charge is -2.25. The van der Waals surface area contributed by atoms with Crippen LogP contribution in [0.1, 0.15) is 46.0 Å². The number of hydrogen-bond donors (Lipinski definition) is 2. The Labute approximate surface area is 112 Å². The number of aromatic carboxylic acids is 1. The zero-order valence-electron chi connectivity index (χ0n) is 11.8. The smallest absolute Gasteiger partial charge is 0.352 e. The van der Waals surface area contributed by atoms with Crippen LogP contribution in [0, 0.1) is 13.8 Å². The fraction of sp³-hybridized carbons (Fsp3) is 0.429. The third-order valence-corrected chi connectivity index (χ3v) is 3.08. The molecule has 5 heteroatoms. The summed E-state index contributed by atoms with van der Waals surface area (Å²) in [6.07, 6.45) is 1.66. The summed E-state index contributed by atoms with van der Waals surface area (Å²) in [5.41, 5.74) is 1.57. The minimum Gasteiger partial charge on any atom is -0.477 e. The normalized spacial score (nSPS) is 10.6. The monoisotopic (exact) mass is 264 g/mol. The van der Waals surface area contributed by atoms with Crippen molar-refractivity contribution in [1.82, 2.24) is 9.88 Å². The first-order valence-electron chi connectivity index (χ1n) is 6.15. The summed E-state index contributed by atoms with van der Waals surface area (Å²) in [5, 5.41) is 9.06. The number of carboxylic acids is 1. The van der Waals surface area contributed by atoms with Crippen LogP contribution in [0.4, 0.5) is 0 Å². The van der Waals surface area contributed by atoms with Crippen LogP contribution in [0.5, 0.6) is 0 Å². The molecule has 0 fully saturated rings. The zero-order chi connectivity index (χ0) is 14.7. The number of H-pyrrole nitrogens is 1. The molecule has 0 aliphatic carbocycles. The van der Waals surface area contributed by atoms with Gasteiger partial charge in [0.05, 0.1) is 5.56 Å². The molecule has 2 N–H and O–H groups in total. The number of carbonyl (C=O) groups is 2. The van der Waals surface area contributed by atoms with Crippen molar-refractivity contribution in [2.45, 2.75) is 33.7 Å². The molecule has 1 aromatic heterocycles. The van der Waals surface area contributed by atoms with Gasteiger partial charge in [0, 0.05) is 18.3 Å². The van der Waals surface area contributed by atoms with E-state index in [4.69, 9.17) is 5.11 Å². The standard InChI is InChI=1S/C14H20N2O3/c1-6-7-16(8(2)3)13(17)11-9(4)12(14(18)19)15-10(11)5/h6,8,15H,1,7H2,2-5H3,(H,18,19). The fourth-order valence-electron chi connectivity index (χ4n) is 2.10. The third-order valence-electron chi connectivity index (χ3n) is 3.08. The molecule has 0 bridgehead atoms. The maximum atomic E-state index is 12.5. The minimum absolute atomic E-state index is 0.0208. The Hall–Kier alpha value is -2.04. The second-order valence-corrected chi connectivity index (χ2v) is 4.77. The Bertz CT molecular complexity index is 515. The number of hydrogen-bond acceptors (Lipinski definition) is 2. The SMILES string of the molecule is C=CCN(C(=O)c1c(C)[nH]c(C(=O)O)c1C)C(C)C. The number of carbonyl (C=O) groups excluding carboxylic acids is 1. The van der Waals surface area contributed by atoms with Gasteiger partial charge in [0.2, 0.25) is 0 Å². The average molecular weight is 264 g/mol. The molecule has 104 valence electrons. The third kappa shape index (κ3) is 2.86. The van der Waals surface area contributed by atoms with Gasteiger partial charge in [0.15, 0.2) is 0 Å². The highest BCUT2D eigenvalue weighted by molar-refractivity contribution is 6.01. The van der Waals surface area contributed by atoms with Gasteiger partial charge in [0.25, 0.3) is 5.91 Å². The molecular formula is C14H20N2O3. The number of nitrogens with one attached hydrogen (secondary N) is 1. The van der Waals surface area contributed by atoms with Gasteiger partial charge >= 0.3 is 5.97 Å². The van der Waals surface area contributed by atoms with Crippen molar-refractivity contribution in [2.75, 3.05) is 6.54 Å². The molecule has 1 rings (SSSR count). The highest BCUT2D eigenvalue weighted by atomic mass is 16.4. The summed E-state index contributed by atoms with van der Waals surface area (Å²) in [6.45, 7) is 11.3. The lowest BCUT2D eigenvalue weighted by Crippen LogP contribution is -2.37. The Kier molecular flexibility index (Phi) is 4.53. The van der Waals surface area contributed by atoms with Crippen molar-refractivity contribution in [2.24, 2.45) is 0 Å². The van der Waals surface area contributed by atoms with Gasteiger partial charge in [-0.3, -0.25) is 4.79 Å². The second-order valence-electron chi connectivity index (χ2n) is 4.77. The number of amides is 1. The van der Waals surface area contributed by atoms with Crippen LogP contribution in [0.15, 0.2) is 12.7 Å². The van der Waals surface area contributed by atoms with Crippen LogP contribution in [-0.4, -0.2) is 39.5 Å². The number of aromatic amines is 1. The molecular weight excluding hydrogens is 244 g/mol. The number of nitrogens with zero attached hydrogens (tertiary/aromatic N) is 1. The highest BCUT2D eigenvalue weighted by Gasteiger charge is 2.26. The van der Waals surface area contributed by atoms with E-state index >= 15 is 0 Å². The van der Waals surface area contributed by atoms with Crippen LogP contribution in [-0.2, 0) is 0 Å². The summed E-state index contributed by atoms with van der Waals surface area (Å²) in [4.78, 5) is 28.0. The minimum atomic E-state index is -1.06. The van der Waals surface area contributed by atoms with Gasteiger partial charge in [-0.25, -0.2) is 4.79 Å². The Balaban J connectivity index is 3.25. The number of carboxylic acid groups (broad SMARTS) is 1. The molecule has 0 radical (unpaired) electrons. The fourth-order valence-corrected chi connectivity index (χ4v) is 2.10. The molecule has 1 aromatic rings. The molecule has 0 saturated carbocycles. The Morgan fingerprint density at radius 2 is 2.00 bits per heavy atom. The van der Waals surface area contributed by atoms with Gasteiger partial charge in [-0.1, -0.05) is 6.08 Å². The maximum absolute atomic E-state index is 12.5. The summed E-state index contributed by atoms with van der Waals surface area (Å²) >= 11 is 0. The number of rotatable bonds is 5. The molecule has 0 aromatic carbocycles. The van der Waals surface area contributed by atoms with Crippen molar-refractivity contribution in [1.29, 1.82) is 0 Å². The van der Waals surface area contributed by atoms with E-state index in [-0.39, 0.29) is 17.6 Å². The molecule has 5 nitrogen and oxygen atoms in total. The number of aryl methyl sites for hydroxylation is 1. The average Bonchev–Trinajstić information content (AvgIpc) is 2.60. The maximum Gasteiger partial charge on any atom is 0.352 e. The van der Waals surface area contributed by atoms with Gasteiger partial charge in [0.1, 0.15) is 5.69 Å².